The molecule has 10 nitrogen and oxygen atoms in total. The quantitative estimate of drug-likeness (QED) is 0.517. The fourth-order valence-corrected chi connectivity index (χ4v) is 5.37. The molecule has 0 aromatic rings. The largest absolute Gasteiger partial charge is 0.269 e. The molecule has 0 fully saturated rings. The molecule has 4 N–H and O–H groups in total. The summed E-state index contributed by atoms with van der Waals surface area (Å²) in [6.07, 6.45) is 1.61. The molecular formula is C4H15FN2O8S4. The van der Waals surface area contributed by atoms with E-state index in [-0.39, 0.29) is 4.70 Å². The third-order valence-electron chi connectivity index (χ3n) is 0.757. The molecule has 0 bridgehead atoms. The highest BCUT2D eigenvalue weighted by molar-refractivity contribution is 8.07. The molecule has 0 aliphatic rings. The Labute approximate surface area is 111 Å². The predicted octanol–water partition coefficient (Wildman–Crippen LogP) is -3.29. The highest BCUT2D eigenvalue weighted by Crippen LogP contribution is 1.86. The van der Waals surface area contributed by atoms with Crippen LogP contribution in [-0.2, 0) is 39.7 Å². The zero-order valence-corrected chi connectivity index (χ0v) is 13.1. The van der Waals surface area contributed by atoms with Crippen molar-refractivity contribution in [1.82, 2.24) is 0 Å². The molecule has 0 spiro atoms. The fourth-order valence-electron chi connectivity index (χ4n) is 0.597. The summed E-state index contributed by atoms with van der Waals surface area (Å²) in [5.74, 6) is 0. The molecule has 0 aromatic carbocycles. The average Bonchev–Trinajstić information content (AvgIpc) is 1.64. The Balaban J connectivity index is -0.000000256. The first-order valence-corrected chi connectivity index (χ1v) is 11.3. The fraction of sp³-hybridized carbons (Fsp3) is 1.00. The van der Waals surface area contributed by atoms with Gasteiger partial charge in [0, 0.05) is 12.5 Å². The minimum Gasteiger partial charge on any atom is -0.269 e. The molecule has 0 radical (unpaired) electrons. The number of sulfonamides is 2. The lowest BCUT2D eigenvalue weighted by Crippen LogP contribution is -2.22. The molecular weight excluding hydrogens is 351 g/mol. The molecule has 0 aromatic heterocycles. The maximum atomic E-state index is 10.2. The maximum Gasteiger partial charge on any atom is 0.223 e. The second kappa shape index (κ2) is 7.44. The van der Waals surface area contributed by atoms with Crippen LogP contribution in [0.4, 0.5) is 4.70 Å². The van der Waals surface area contributed by atoms with Crippen molar-refractivity contribution in [3.05, 3.63) is 0 Å². The predicted molar refractivity (Wildman–Crippen MR) is 68.1 cm³/mol. The molecule has 0 unspecified atom stereocenters. The van der Waals surface area contributed by atoms with Crippen LogP contribution < -0.4 is 10.3 Å². The topological polar surface area (TPSA) is 189 Å². The van der Waals surface area contributed by atoms with E-state index in [0.717, 1.165) is 12.5 Å². The summed E-state index contributed by atoms with van der Waals surface area (Å²) in [6.45, 7) is 0. The minimum atomic E-state index is -3.87. The van der Waals surface area contributed by atoms with Crippen molar-refractivity contribution in [1.29, 1.82) is 0 Å². The highest BCUT2D eigenvalue weighted by Gasteiger charge is 2.12. The van der Waals surface area contributed by atoms with E-state index in [0.29, 0.717) is 0 Å². The van der Waals surface area contributed by atoms with Gasteiger partial charge in [-0.25, -0.2) is 43.9 Å². The normalized spacial score (nSPS) is 12.8. The summed E-state index contributed by atoms with van der Waals surface area (Å²) in [7, 11) is -14.7. The van der Waals surface area contributed by atoms with Gasteiger partial charge in [-0.1, -0.05) is 0 Å². The summed E-state index contributed by atoms with van der Waals surface area (Å²) in [5.41, 5.74) is 0. The van der Waals surface area contributed by atoms with Gasteiger partial charge in [0.05, 0.1) is 0 Å². The van der Waals surface area contributed by atoms with Gasteiger partial charge < -0.3 is 0 Å². The summed E-state index contributed by atoms with van der Waals surface area (Å²) in [5, 5.41) is 6.86. The van der Waals surface area contributed by atoms with E-state index >= 15 is 0 Å². The average molecular weight is 366 g/mol. The van der Waals surface area contributed by atoms with Crippen molar-refractivity contribution in [2.45, 2.75) is 0 Å². The SMILES string of the molecule is CS(=O)(=O)CS(N)(=O)=O.CS(=O)(=O)CS(N)(=O)=O.F. The lowest BCUT2D eigenvalue weighted by atomic mass is 11.9. The Morgan fingerprint density at radius 2 is 0.789 bits per heavy atom. The van der Waals surface area contributed by atoms with Gasteiger partial charge in [0.25, 0.3) is 0 Å². The summed E-state index contributed by atoms with van der Waals surface area (Å²) in [4.78, 5) is 0. The van der Waals surface area contributed by atoms with Crippen molar-refractivity contribution < 1.29 is 38.4 Å². The van der Waals surface area contributed by atoms with Gasteiger partial charge in [0.15, 0.2) is 29.8 Å². The highest BCUT2D eigenvalue weighted by atomic mass is 32.3. The Morgan fingerprint density at radius 3 is 0.789 bits per heavy atom. The van der Waals surface area contributed by atoms with Crippen LogP contribution in [0.1, 0.15) is 0 Å². The van der Waals surface area contributed by atoms with Crippen LogP contribution in [0, 0.1) is 0 Å². The van der Waals surface area contributed by atoms with Crippen molar-refractivity contribution >= 4 is 39.7 Å². The Hall–Kier alpha value is -0.350. The van der Waals surface area contributed by atoms with E-state index in [1.54, 1.807) is 0 Å². The van der Waals surface area contributed by atoms with Crippen molar-refractivity contribution in [3.63, 3.8) is 0 Å². The van der Waals surface area contributed by atoms with E-state index < -0.39 is 49.9 Å². The number of sulfone groups is 2. The van der Waals surface area contributed by atoms with E-state index in [1.807, 2.05) is 0 Å². The van der Waals surface area contributed by atoms with Gasteiger partial charge in [-0.3, -0.25) is 4.70 Å². The number of hydrogen-bond donors (Lipinski definition) is 2. The van der Waals surface area contributed by atoms with Crippen LogP contribution in [0.2, 0.25) is 0 Å². The summed E-state index contributed by atoms with van der Waals surface area (Å²) >= 11 is 0. The van der Waals surface area contributed by atoms with E-state index in [1.165, 1.54) is 0 Å². The zero-order valence-electron chi connectivity index (χ0n) is 9.88. The summed E-state index contributed by atoms with van der Waals surface area (Å²) < 4.78 is 80.9. The Morgan fingerprint density at radius 1 is 0.632 bits per heavy atom. The molecule has 0 aliphatic carbocycles. The van der Waals surface area contributed by atoms with Crippen LogP contribution in [-0.4, -0.2) is 56.4 Å². The molecule has 15 heteroatoms. The van der Waals surface area contributed by atoms with Crippen LogP contribution in [0.5, 0.6) is 0 Å². The van der Waals surface area contributed by atoms with Gasteiger partial charge in [0.1, 0.15) is 0 Å². The molecule has 19 heavy (non-hydrogen) atoms. The van der Waals surface area contributed by atoms with Gasteiger partial charge >= 0.3 is 0 Å². The number of primary sulfonamides is 2. The number of rotatable bonds is 4. The number of hydrogen-bond acceptors (Lipinski definition) is 8. The molecule has 0 heterocycles. The van der Waals surface area contributed by atoms with Gasteiger partial charge in [0.2, 0.25) is 20.0 Å². The van der Waals surface area contributed by atoms with E-state index in [4.69, 9.17) is 0 Å². The van der Waals surface area contributed by atoms with Crippen LogP contribution in [0.25, 0.3) is 0 Å². The first kappa shape index (κ1) is 23.7. The number of nitrogens with two attached hydrogens (primary N) is 2. The second-order valence-electron chi connectivity index (χ2n) is 3.41. The standard InChI is InChI=1S/2C2H7NO4S2.FH/c2*1-8(4,5)2-9(3,6)7;/h2*2H2,1H3,(H2,3,6,7);1H. The van der Waals surface area contributed by atoms with Gasteiger partial charge in [-0.2, -0.15) is 0 Å². The molecule has 0 atom stereocenters. The van der Waals surface area contributed by atoms with Crippen LogP contribution in [0.15, 0.2) is 0 Å². The van der Waals surface area contributed by atoms with Crippen LogP contribution in [0.3, 0.4) is 0 Å². The summed E-state index contributed by atoms with van der Waals surface area (Å²) in [6, 6.07) is 0. The van der Waals surface area contributed by atoms with Crippen molar-refractivity contribution in [3.8, 4) is 0 Å². The maximum absolute atomic E-state index is 10.2. The van der Waals surface area contributed by atoms with Crippen LogP contribution >= 0.6 is 0 Å². The lowest BCUT2D eigenvalue weighted by Gasteiger charge is -1.91. The van der Waals surface area contributed by atoms with Gasteiger partial charge in [-0.15, -0.1) is 0 Å². The molecule has 0 saturated heterocycles. The second-order valence-corrected chi connectivity index (χ2v) is 11.7. The first-order valence-electron chi connectivity index (χ1n) is 3.78. The Bertz CT molecular complexity index is 551. The smallest absolute Gasteiger partial charge is 0.223 e. The van der Waals surface area contributed by atoms with Crippen molar-refractivity contribution in [2.75, 3.05) is 22.7 Å². The van der Waals surface area contributed by atoms with Crippen molar-refractivity contribution in [2.24, 2.45) is 10.3 Å². The lowest BCUT2D eigenvalue weighted by molar-refractivity contribution is 0.589. The van der Waals surface area contributed by atoms with E-state index in [9.17, 15) is 33.7 Å². The third-order valence-corrected chi connectivity index (χ3v) is 6.81. The number of halogens is 1. The molecule has 0 rings (SSSR count). The Kier molecular flexibility index (Phi) is 9.29. The van der Waals surface area contributed by atoms with Gasteiger partial charge in [-0.05, 0) is 0 Å². The monoisotopic (exact) mass is 366 g/mol. The molecule has 0 amide bonds. The van der Waals surface area contributed by atoms with E-state index in [2.05, 4.69) is 10.3 Å². The molecule has 120 valence electrons. The first-order chi connectivity index (χ1) is 7.41. The molecule has 0 aliphatic heterocycles. The molecule has 0 saturated carbocycles. The third kappa shape index (κ3) is 31.9. The zero-order chi connectivity index (χ0) is 15.4. The minimum absolute atomic E-state index is 0.